The maximum absolute atomic E-state index is 14.3. The Bertz CT molecular complexity index is 2110. The number of nitrogens with zero attached hydrogens (tertiary/aromatic N) is 4. The molecule has 0 bridgehead atoms. The number of hydrogen-bond donors (Lipinski definition) is 0. The molecule has 3 aromatic rings. The number of cyclic esters (lactones) is 1. The Morgan fingerprint density at radius 1 is 0.731 bits per heavy atom. The van der Waals surface area contributed by atoms with Gasteiger partial charge < -0.3 is 19.1 Å². The fourth-order valence-electron chi connectivity index (χ4n) is 8.90. The van der Waals surface area contributed by atoms with Gasteiger partial charge in [0.05, 0.1) is 27.6 Å². The van der Waals surface area contributed by atoms with Crippen LogP contribution in [0.25, 0.3) is 0 Å². The lowest BCUT2D eigenvalue weighted by molar-refractivity contribution is 0.0270. The SMILES string of the molecule is CN1CCOc2cc(S(=O)(=O)N3CCC([N+]4(C5CCN(S(=O)(=O)c6ccc7c(c6)CCC(C)(C)O7)CC5)C(=O)OCc5ccccc54)CC3)ccc21. The number of carbonyl (C=O) groups is 1. The second-order valence-corrected chi connectivity index (χ2v) is 19.1. The van der Waals surface area contributed by atoms with Crippen LogP contribution in [0.3, 0.4) is 0 Å². The van der Waals surface area contributed by atoms with Gasteiger partial charge in [0.15, 0.2) is 0 Å². The third-order valence-corrected chi connectivity index (χ3v) is 15.5. The Morgan fingerprint density at radius 2 is 1.35 bits per heavy atom. The van der Waals surface area contributed by atoms with Crippen LogP contribution in [0.4, 0.5) is 16.2 Å². The van der Waals surface area contributed by atoms with Gasteiger partial charge in [-0.2, -0.15) is 17.9 Å². The van der Waals surface area contributed by atoms with E-state index in [0.29, 0.717) is 38.0 Å². The molecule has 0 saturated carbocycles. The van der Waals surface area contributed by atoms with E-state index in [1.807, 2.05) is 50.1 Å². The first kappa shape index (κ1) is 35.3. The molecule has 0 aliphatic carbocycles. The van der Waals surface area contributed by atoms with Gasteiger partial charge in [-0.05, 0) is 68.7 Å². The van der Waals surface area contributed by atoms with Crippen LogP contribution in [0.15, 0.2) is 70.5 Å². The van der Waals surface area contributed by atoms with E-state index >= 15 is 0 Å². The fraction of sp³-hybridized carbons (Fsp3) is 0.500. The summed E-state index contributed by atoms with van der Waals surface area (Å²) in [5, 5.41) is 0. The predicted octanol–water partition coefficient (Wildman–Crippen LogP) is 5.28. The van der Waals surface area contributed by atoms with Gasteiger partial charge in [-0.15, -0.1) is 0 Å². The molecule has 5 heterocycles. The normalized spacial score (nSPS) is 24.5. The summed E-state index contributed by atoms with van der Waals surface area (Å²) in [6.45, 7) is 6.46. The minimum atomic E-state index is -3.82. The van der Waals surface area contributed by atoms with Crippen molar-refractivity contribution in [2.45, 2.75) is 86.5 Å². The van der Waals surface area contributed by atoms with Crippen LogP contribution in [0, 0.1) is 0 Å². The van der Waals surface area contributed by atoms with Crippen molar-refractivity contribution in [1.82, 2.24) is 13.1 Å². The zero-order valence-corrected chi connectivity index (χ0v) is 31.6. The highest BCUT2D eigenvalue weighted by Crippen LogP contribution is 2.45. The highest BCUT2D eigenvalue weighted by molar-refractivity contribution is 7.89. The maximum atomic E-state index is 14.3. The summed E-state index contributed by atoms with van der Waals surface area (Å²) in [7, 11) is -5.65. The molecule has 52 heavy (non-hydrogen) atoms. The van der Waals surface area contributed by atoms with Crippen LogP contribution >= 0.6 is 0 Å². The second-order valence-electron chi connectivity index (χ2n) is 15.3. The molecule has 14 heteroatoms. The van der Waals surface area contributed by atoms with Crippen LogP contribution in [-0.4, -0.2) is 95.6 Å². The summed E-state index contributed by atoms with van der Waals surface area (Å²) < 4.78 is 76.6. The summed E-state index contributed by atoms with van der Waals surface area (Å²) in [5.74, 6) is 1.28. The van der Waals surface area contributed by atoms with Crippen molar-refractivity contribution in [3.05, 3.63) is 71.8 Å². The van der Waals surface area contributed by atoms with Crippen molar-refractivity contribution in [3.8, 4) is 11.5 Å². The molecule has 5 aliphatic rings. The largest absolute Gasteiger partial charge is 0.522 e. The van der Waals surface area contributed by atoms with Gasteiger partial charge in [0.2, 0.25) is 20.0 Å². The summed E-state index contributed by atoms with van der Waals surface area (Å²) in [6, 6.07) is 17.5. The third-order valence-electron chi connectivity index (χ3n) is 11.8. The number of fused-ring (bicyclic) bond motifs is 3. The lowest BCUT2D eigenvalue weighted by Gasteiger charge is -2.51. The number of ether oxygens (including phenoxy) is 3. The number of likely N-dealkylation sites (N-methyl/N-ethyl adjacent to an activating group) is 1. The van der Waals surface area contributed by atoms with E-state index < -0.39 is 20.0 Å². The molecule has 3 aromatic carbocycles. The number of para-hydroxylation sites is 1. The second kappa shape index (κ2) is 13.0. The van der Waals surface area contributed by atoms with Crippen molar-refractivity contribution in [3.63, 3.8) is 0 Å². The predicted molar refractivity (Wildman–Crippen MR) is 197 cm³/mol. The van der Waals surface area contributed by atoms with Gasteiger partial charge in [-0.25, -0.2) is 16.8 Å². The first-order chi connectivity index (χ1) is 24.8. The van der Waals surface area contributed by atoms with Crippen molar-refractivity contribution in [2.24, 2.45) is 0 Å². The summed E-state index contributed by atoms with van der Waals surface area (Å²) in [6.07, 6.45) is 2.99. The molecule has 1 unspecified atom stereocenters. The molecule has 0 spiro atoms. The monoisotopic (exact) mass is 751 g/mol. The van der Waals surface area contributed by atoms with Crippen LogP contribution in [0.2, 0.25) is 0 Å². The van der Waals surface area contributed by atoms with E-state index in [9.17, 15) is 21.6 Å². The number of hydrogen-bond acceptors (Lipinski definition) is 9. The van der Waals surface area contributed by atoms with Crippen LogP contribution < -0.4 is 18.9 Å². The standard InChI is InChI=1S/C38H47N4O8S2/c1-38(2)17-12-27-24-31(9-11-35(27)50-38)51(44,45)40-18-13-29(14-19-40)42(34-7-5-4-6-28(34)26-49-37(42)43)30-15-20-41(21-16-30)52(46,47)32-8-10-33-36(25-32)48-23-22-39(33)3/h4-11,24-25,29-30H,12-23,26H2,1-3H3/q+1. The van der Waals surface area contributed by atoms with Crippen LogP contribution in [-0.2, 0) is 37.8 Å². The van der Waals surface area contributed by atoms with E-state index in [0.717, 1.165) is 47.6 Å². The third kappa shape index (κ3) is 5.87. The molecule has 8 rings (SSSR count). The number of quaternary nitrogens is 1. The quantitative estimate of drug-likeness (QED) is 0.310. The molecule has 2 saturated heterocycles. The Kier molecular flexibility index (Phi) is 8.84. The first-order valence-electron chi connectivity index (χ1n) is 18.3. The summed E-state index contributed by atoms with van der Waals surface area (Å²) in [5.41, 5.74) is 3.26. The van der Waals surface area contributed by atoms with E-state index in [2.05, 4.69) is 0 Å². The summed E-state index contributed by atoms with van der Waals surface area (Å²) in [4.78, 5) is 16.8. The molecule has 278 valence electrons. The number of piperidine rings is 2. The van der Waals surface area contributed by atoms with Crippen molar-refractivity contribution >= 4 is 37.5 Å². The van der Waals surface area contributed by atoms with Gasteiger partial charge in [0, 0.05) is 71.0 Å². The maximum Gasteiger partial charge on any atom is 0.522 e. The number of rotatable bonds is 6. The van der Waals surface area contributed by atoms with E-state index in [1.165, 1.54) is 8.61 Å². The minimum Gasteiger partial charge on any atom is -0.490 e. The molecule has 1 atom stereocenters. The van der Waals surface area contributed by atoms with Crippen LogP contribution in [0.1, 0.15) is 57.1 Å². The van der Waals surface area contributed by atoms with Crippen molar-refractivity contribution in [2.75, 3.05) is 51.3 Å². The Morgan fingerprint density at radius 3 is 2.02 bits per heavy atom. The molecule has 0 aromatic heterocycles. The van der Waals surface area contributed by atoms with E-state index in [4.69, 9.17) is 14.2 Å². The smallest absolute Gasteiger partial charge is 0.490 e. The van der Waals surface area contributed by atoms with Gasteiger partial charge in [0.1, 0.15) is 48.1 Å². The molecule has 1 amide bonds. The number of amides is 1. The van der Waals surface area contributed by atoms with E-state index in [1.54, 1.807) is 36.4 Å². The van der Waals surface area contributed by atoms with Gasteiger partial charge >= 0.3 is 6.09 Å². The van der Waals surface area contributed by atoms with Gasteiger partial charge in [-0.3, -0.25) is 0 Å². The highest BCUT2D eigenvalue weighted by Gasteiger charge is 2.58. The Labute approximate surface area is 306 Å². The van der Waals surface area contributed by atoms with Gasteiger partial charge in [0.25, 0.3) is 0 Å². The Hall–Kier alpha value is -3.69. The van der Waals surface area contributed by atoms with Gasteiger partial charge in [-0.1, -0.05) is 12.1 Å². The molecule has 5 aliphatic heterocycles. The van der Waals surface area contributed by atoms with E-state index in [-0.39, 0.29) is 70.8 Å². The zero-order valence-electron chi connectivity index (χ0n) is 30.0. The number of benzene rings is 3. The lowest BCUT2D eigenvalue weighted by atomic mass is 9.90. The number of carbonyl (C=O) groups excluding carboxylic acids is 1. The molecule has 12 nitrogen and oxygen atoms in total. The minimum absolute atomic E-state index is 0.0526. The van der Waals surface area contributed by atoms with Crippen molar-refractivity contribution in [1.29, 1.82) is 0 Å². The topological polar surface area (TPSA) is 123 Å². The molecular weight excluding hydrogens is 705 g/mol. The fourth-order valence-corrected chi connectivity index (χ4v) is 11.9. The zero-order chi connectivity index (χ0) is 36.5. The lowest BCUT2D eigenvalue weighted by Crippen LogP contribution is -2.71. The number of sulfonamides is 2. The molecule has 2 fully saturated rings. The van der Waals surface area contributed by atoms with Crippen LogP contribution in [0.5, 0.6) is 11.5 Å². The Balaban J connectivity index is 1.04. The average Bonchev–Trinajstić information content (AvgIpc) is 3.14. The number of anilines is 1. The van der Waals surface area contributed by atoms with Crippen molar-refractivity contribution < 1.29 is 35.8 Å². The number of aryl methyl sites for hydroxylation is 1. The highest BCUT2D eigenvalue weighted by atomic mass is 32.2. The molecule has 0 radical (unpaired) electrons. The first-order valence-corrected chi connectivity index (χ1v) is 21.1. The molecular formula is C38H47N4O8S2+. The molecule has 0 N–H and O–H groups in total. The average molecular weight is 752 g/mol. The summed E-state index contributed by atoms with van der Waals surface area (Å²) >= 11 is 0.